The van der Waals surface area contributed by atoms with Gasteiger partial charge in [0.25, 0.3) is 5.91 Å². The summed E-state index contributed by atoms with van der Waals surface area (Å²) in [5, 5.41) is 3.59. The van der Waals surface area contributed by atoms with Crippen molar-refractivity contribution in [2.45, 2.75) is 31.5 Å². The van der Waals surface area contributed by atoms with Crippen LogP contribution in [0.25, 0.3) is 27.6 Å². The zero-order valence-corrected chi connectivity index (χ0v) is 21.5. The van der Waals surface area contributed by atoms with Gasteiger partial charge in [-0.2, -0.15) is 0 Å². The van der Waals surface area contributed by atoms with Crippen LogP contribution in [0, 0.1) is 0 Å². The van der Waals surface area contributed by atoms with Gasteiger partial charge < -0.3 is 11.1 Å². The molecule has 0 aliphatic carbocycles. The van der Waals surface area contributed by atoms with E-state index in [4.69, 9.17) is 5.73 Å². The highest BCUT2D eigenvalue weighted by atomic mass is 32.2. The van der Waals surface area contributed by atoms with E-state index >= 15 is 0 Å². The fraction of sp³-hybridized carbons (Fsp3) is 0.318. The quantitative estimate of drug-likeness (QED) is 0.490. The predicted octanol–water partition coefficient (Wildman–Crippen LogP) is 3.26. The van der Waals surface area contributed by atoms with Gasteiger partial charge in [0.05, 0.1) is 33.3 Å². The first-order valence-corrected chi connectivity index (χ1v) is 14.4. The van der Waals surface area contributed by atoms with E-state index in [1.807, 2.05) is 45.0 Å². The number of hydrogen-bond donors (Lipinski definition) is 2. The molecule has 0 fully saturated rings. The van der Waals surface area contributed by atoms with Crippen LogP contribution in [0.4, 0.5) is 5.69 Å². The second kappa shape index (κ2) is 9.32. The van der Waals surface area contributed by atoms with Crippen LogP contribution in [-0.2, 0) is 20.6 Å². The number of fused-ring (bicyclic) bond motifs is 1. The highest BCUT2D eigenvalue weighted by Gasteiger charge is 2.25. The number of aromatic nitrogens is 2. The number of hydrogen-bond acceptors (Lipinski definition) is 8. The lowest BCUT2D eigenvalue weighted by molar-refractivity contribution is 0.0924. The molecule has 0 radical (unpaired) electrons. The van der Waals surface area contributed by atoms with E-state index in [0.717, 1.165) is 16.9 Å². The summed E-state index contributed by atoms with van der Waals surface area (Å²) in [4.78, 5) is 22.5. The van der Waals surface area contributed by atoms with Crippen LogP contribution in [0.15, 0.2) is 35.5 Å². The standard InChI is InChI=1S/C22H26N4O4S3/c1-22(2,3)26-19(27)18-16(23)15-17(24-21(32(4)28)25-20(15)31-18)14-10-8-13(9-11-14)7-6-12-33(5,29)30/h6-11H,12,23H2,1-5H3,(H,26,27). The molecule has 0 aliphatic heterocycles. The zero-order chi connectivity index (χ0) is 24.6. The van der Waals surface area contributed by atoms with Crippen molar-refractivity contribution < 1.29 is 17.4 Å². The van der Waals surface area contributed by atoms with Gasteiger partial charge in [-0.1, -0.05) is 36.4 Å². The number of nitrogens with two attached hydrogens (primary N) is 1. The van der Waals surface area contributed by atoms with E-state index in [-0.39, 0.29) is 22.5 Å². The van der Waals surface area contributed by atoms with Gasteiger partial charge in [-0.05, 0) is 26.3 Å². The van der Waals surface area contributed by atoms with Gasteiger partial charge in [-0.25, -0.2) is 18.4 Å². The van der Waals surface area contributed by atoms with Crippen molar-refractivity contribution in [2.75, 3.05) is 24.0 Å². The van der Waals surface area contributed by atoms with Gasteiger partial charge in [0, 0.05) is 23.6 Å². The highest BCUT2D eigenvalue weighted by molar-refractivity contribution is 7.90. The number of sulfone groups is 1. The van der Waals surface area contributed by atoms with Crippen molar-refractivity contribution in [3.63, 3.8) is 0 Å². The maximum absolute atomic E-state index is 12.8. The molecule has 33 heavy (non-hydrogen) atoms. The minimum Gasteiger partial charge on any atom is -0.397 e. The lowest BCUT2D eigenvalue weighted by Crippen LogP contribution is -2.40. The van der Waals surface area contributed by atoms with Crippen LogP contribution in [0.3, 0.4) is 0 Å². The molecule has 0 aliphatic rings. The number of carbonyl (C=O) groups is 1. The number of amides is 1. The van der Waals surface area contributed by atoms with E-state index in [1.54, 1.807) is 12.2 Å². The Hall–Kier alpha value is -2.63. The topological polar surface area (TPSA) is 132 Å². The molecule has 1 unspecified atom stereocenters. The highest BCUT2D eigenvalue weighted by Crippen LogP contribution is 2.39. The first-order valence-electron chi connectivity index (χ1n) is 9.96. The number of benzene rings is 1. The Morgan fingerprint density at radius 3 is 2.39 bits per heavy atom. The van der Waals surface area contributed by atoms with Gasteiger partial charge in [0.1, 0.15) is 9.71 Å². The van der Waals surface area contributed by atoms with Gasteiger partial charge in [0.2, 0.25) is 5.16 Å². The summed E-state index contributed by atoms with van der Waals surface area (Å²) in [5.74, 6) is -0.350. The van der Waals surface area contributed by atoms with Crippen LogP contribution < -0.4 is 11.1 Å². The lowest BCUT2D eigenvalue weighted by atomic mass is 10.1. The second-order valence-corrected chi connectivity index (χ2v) is 13.1. The summed E-state index contributed by atoms with van der Waals surface area (Å²) >= 11 is 1.14. The first kappa shape index (κ1) is 25.0. The fourth-order valence-corrected chi connectivity index (χ4v) is 4.95. The Morgan fingerprint density at radius 2 is 1.85 bits per heavy atom. The van der Waals surface area contributed by atoms with Crippen LogP contribution in [-0.4, -0.2) is 52.3 Å². The molecular formula is C22H26N4O4S3. The monoisotopic (exact) mass is 506 g/mol. The smallest absolute Gasteiger partial charge is 0.263 e. The average molecular weight is 507 g/mol. The van der Waals surface area contributed by atoms with Gasteiger partial charge in [-0.3, -0.25) is 9.00 Å². The Labute approximate surface area is 199 Å². The molecule has 0 saturated carbocycles. The number of carbonyl (C=O) groups excluding carboxylic acids is 1. The van der Waals surface area contributed by atoms with E-state index in [9.17, 15) is 17.4 Å². The molecule has 3 aromatic rings. The van der Waals surface area contributed by atoms with Crippen molar-refractivity contribution in [1.29, 1.82) is 0 Å². The van der Waals surface area contributed by atoms with Crippen molar-refractivity contribution >= 4 is 59.9 Å². The van der Waals surface area contributed by atoms with Crippen LogP contribution in [0.5, 0.6) is 0 Å². The third-order valence-electron chi connectivity index (χ3n) is 4.41. The zero-order valence-electron chi connectivity index (χ0n) is 19.0. The van der Waals surface area contributed by atoms with Crippen LogP contribution >= 0.6 is 11.3 Å². The Morgan fingerprint density at radius 1 is 1.21 bits per heavy atom. The molecule has 2 heterocycles. The lowest BCUT2D eigenvalue weighted by Gasteiger charge is -2.20. The summed E-state index contributed by atoms with van der Waals surface area (Å²) < 4.78 is 34.8. The molecule has 176 valence electrons. The van der Waals surface area contributed by atoms with Crippen molar-refractivity contribution in [2.24, 2.45) is 0 Å². The Balaban J connectivity index is 2.09. The summed E-state index contributed by atoms with van der Waals surface area (Å²) in [7, 11) is -4.52. The number of thiophene rings is 1. The molecular weight excluding hydrogens is 480 g/mol. The summed E-state index contributed by atoms with van der Waals surface area (Å²) in [6.45, 7) is 5.64. The Bertz CT molecular complexity index is 1370. The third kappa shape index (κ3) is 6.24. The molecule has 1 aromatic carbocycles. The number of rotatable bonds is 6. The molecule has 11 heteroatoms. The van der Waals surface area contributed by atoms with E-state index in [2.05, 4.69) is 15.3 Å². The normalized spacial score (nSPS) is 13.5. The molecule has 3 N–H and O–H groups in total. The SMILES string of the molecule is CS(=O)c1nc(-c2ccc(C=CCS(C)(=O)=O)cc2)c2c(N)c(C(=O)NC(C)(C)C)sc2n1. The predicted molar refractivity (Wildman–Crippen MR) is 136 cm³/mol. The van der Waals surface area contributed by atoms with Crippen molar-refractivity contribution in [3.8, 4) is 11.3 Å². The largest absolute Gasteiger partial charge is 0.397 e. The molecule has 1 atom stereocenters. The maximum Gasteiger partial charge on any atom is 0.263 e. The molecule has 2 aromatic heterocycles. The first-order chi connectivity index (χ1) is 15.2. The van der Waals surface area contributed by atoms with Gasteiger partial charge in [-0.15, -0.1) is 11.3 Å². The fourth-order valence-electron chi connectivity index (χ4n) is 3.02. The van der Waals surface area contributed by atoms with E-state index in [1.165, 1.54) is 12.5 Å². The molecule has 0 saturated heterocycles. The summed E-state index contributed by atoms with van der Waals surface area (Å²) in [6, 6.07) is 7.27. The molecule has 3 rings (SSSR count). The minimum absolute atomic E-state index is 0.0438. The number of nitrogens with one attached hydrogen (secondary N) is 1. The number of anilines is 1. The van der Waals surface area contributed by atoms with Crippen LogP contribution in [0.2, 0.25) is 0 Å². The molecule has 8 nitrogen and oxygen atoms in total. The van der Waals surface area contributed by atoms with E-state index < -0.39 is 26.2 Å². The summed E-state index contributed by atoms with van der Waals surface area (Å²) in [5.41, 5.74) is 8.23. The van der Waals surface area contributed by atoms with Crippen molar-refractivity contribution in [3.05, 3.63) is 40.8 Å². The average Bonchev–Trinajstić information content (AvgIpc) is 3.02. The molecule has 0 spiro atoms. The van der Waals surface area contributed by atoms with Crippen molar-refractivity contribution in [1.82, 2.24) is 15.3 Å². The second-order valence-electron chi connectivity index (χ2n) is 8.65. The minimum atomic E-state index is -3.08. The molecule has 1 amide bonds. The van der Waals surface area contributed by atoms with E-state index in [0.29, 0.717) is 26.4 Å². The molecule has 0 bridgehead atoms. The Kier molecular flexibility index (Phi) is 7.06. The van der Waals surface area contributed by atoms with Gasteiger partial charge >= 0.3 is 0 Å². The van der Waals surface area contributed by atoms with Gasteiger partial charge in [0.15, 0.2) is 9.84 Å². The number of nitrogen functional groups attached to an aromatic ring is 1. The summed E-state index contributed by atoms with van der Waals surface area (Å²) in [6.07, 6.45) is 5.98. The third-order valence-corrected chi connectivity index (χ3v) is 7.01. The maximum atomic E-state index is 12.8. The van der Waals surface area contributed by atoms with Crippen LogP contribution in [0.1, 0.15) is 36.0 Å². The number of nitrogens with zero attached hydrogens (tertiary/aromatic N) is 2.